The van der Waals surface area contributed by atoms with Gasteiger partial charge in [-0.2, -0.15) is 0 Å². The van der Waals surface area contributed by atoms with Crippen molar-refractivity contribution in [2.75, 3.05) is 26.7 Å². The van der Waals surface area contributed by atoms with Gasteiger partial charge in [0.15, 0.2) is 0 Å². The van der Waals surface area contributed by atoms with Gasteiger partial charge in [0, 0.05) is 56.3 Å². The van der Waals surface area contributed by atoms with Crippen molar-refractivity contribution in [3.63, 3.8) is 0 Å². The number of carbonyl (C=O) groups is 3. The van der Waals surface area contributed by atoms with E-state index in [-0.39, 0.29) is 47.2 Å². The van der Waals surface area contributed by atoms with Gasteiger partial charge in [0.25, 0.3) is 5.91 Å². The van der Waals surface area contributed by atoms with E-state index in [2.05, 4.69) is 31.9 Å². The van der Waals surface area contributed by atoms with Crippen molar-refractivity contribution < 1.29 is 23.9 Å². The molecule has 204 valence electrons. The normalized spacial score (nSPS) is 25.4. The number of nitrogens with zero attached hydrogens (tertiary/aromatic N) is 2. The lowest BCUT2D eigenvalue weighted by Gasteiger charge is -2.56. The van der Waals surface area contributed by atoms with E-state index >= 15 is 0 Å². The molecule has 4 rings (SSSR count). The van der Waals surface area contributed by atoms with E-state index in [9.17, 15) is 14.4 Å². The summed E-state index contributed by atoms with van der Waals surface area (Å²) in [5, 5.41) is 0. The molecule has 7 nitrogen and oxygen atoms in total. The molecule has 38 heavy (non-hydrogen) atoms. The van der Waals surface area contributed by atoms with Crippen LogP contribution in [0.1, 0.15) is 62.9 Å². The standard InChI is InChI=1S/C31H40N2O5/c1-21(2)19-33(30(36)24-10-7-6-8-11-24)26-17-29(38-23(4)35)28-20-32(5)15-14-31(28,18-26)25-12-9-13-27(16-25)37-22(3)34/h6-13,16,21,26,28-29H,14-15,17-20H2,1-5H3/t26-,28-,29?,31-/m0/s1. The number of fused-ring (bicyclic) bond motifs is 1. The van der Waals surface area contributed by atoms with Gasteiger partial charge in [0.1, 0.15) is 11.9 Å². The lowest BCUT2D eigenvalue weighted by atomic mass is 9.56. The van der Waals surface area contributed by atoms with E-state index in [4.69, 9.17) is 9.47 Å². The predicted octanol–water partition coefficient (Wildman–Crippen LogP) is 4.69. The summed E-state index contributed by atoms with van der Waals surface area (Å²) in [5.41, 5.74) is 1.37. The van der Waals surface area contributed by atoms with Crippen LogP contribution in [-0.4, -0.2) is 66.5 Å². The van der Waals surface area contributed by atoms with Crippen molar-refractivity contribution in [1.82, 2.24) is 9.80 Å². The highest BCUT2D eigenvalue weighted by Crippen LogP contribution is 2.51. The second kappa shape index (κ2) is 11.7. The number of amides is 1. The number of ether oxygens (including phenoxy) is 2. The van der Waals surface area contributed by atoms with Crippen molar-refractivity contribution in [3.8, 4) is 5.75 Å². The summed E-state index contributed by atoms with van der Waals surface area (Å²) in [6.45, 7) is 9.36. The van der Waals surface area contributed by atoms with E-state index in [1.807, 2.05) is 47.4 Å². The van der Waals surface area contributed by atoms with E-state index < -0.39 is 0 Å². The molecule has 0 radical (unpaired) electrons. The van der Waals surface area contributed by atoms with Gasteiger partial charge in [-0.3, -0.25) is 14.4 Å². The summed E-state index contributed by atoms with van der Waals surface area (Å²) >= 11 is 0. The first kappa shape index (κ1) is 27.8. The number of rotatable bonds is 7. The van der Waals surface area contributed by atoms with Crippen LogP contribution in [0.15, 0.2) is 54.6 Å². The molecule has 1 saturated carbocycles. The maximum atomic E-state index is 13.9. The number of benzene rings is 2. The molecule has 2 aliphatic rings. The molecular formula is C31H40N2O5. The fourth-order valence-electron chi connectivity index (χ4n) is 6.47. The maximum Gasteiger partial charge on any atom is 0.308 e. The van der Waals surface area contributed by atoms with Gasteiger partial charge in [-0.15, -0.1) is 0 Å². The molecule has 1 unspecified atom stereocenters. The average Bonchev–Trinajstić information content (AvgIpc) is 2.87. The van der Waals surface area contributed by atoms with Gasteiger partial charge in [-0.05, 0) is 62.2 Å². The van der Waals surface area contributed by atoms with Crippen molar-refractivity contribution in [2.45, 2.75) is 64.5 Å². The number of esters is 2. The van der Waals surface area contributed by atoms with E-state index in [1.54, 1.807) is 6.07 Å². The van der Waals surface area contributed by atoms with Crippen LogP contribution in [0.4, 0.5) is 0 Å². The zero-order valence-corrected chi connectivity index (χ0v) is 23.2. The molecule has 2 aromatic carbocycles. The molecular weight excluding hydrogens is 480 g/mol. The smallest absolute Gasteiger partial charge is 0.308 e. The Morgan fingerprint density at radius 3 is 2.45 bits per heavy atom. The highest BCUT2D eigenvalue weighted by atomic mass is 16.5. The Hall–Kier alpha value is -3.19. The third-order valence-electron chi connectivity index (χ3n) is 7.98. The Labute approximate surface area is 226 Å². The molecule has 1 aliphatic heterocycles. The topological polar surface area (TPSA) is 76.2 Å². The number of hydrogen-bond donors (Lipinski definition) is 0. The van der Waals surface area contributed by atoms with Gasteiger partial charge < -0.3 is 19.3 Å². The van der Waals surface area contributed by atoms with Gasteiger partial charge in [-0.1, -0.05) is 44.2 Å². The zero-order valence-electron chi connectivity index (χ0n) is 23.2. The Morgan fingerprint density at radius 1 is 1.05 bits per heavy atom. The molecule has 1 saturated heterocycles. The van der Waals surface area contributed by atoms with Crippen molar-refractivity contribution >= 4 is 17.8 Å². The summed E-state index contributed by atoms with van der Waals surface area (Å²) < 4.78 is 11.5. The van der Waals surface area contributed by atoms with Crippen LogP contribution in [0.25, 0.3) is 0 Å². The van der Waals surface area contributed by atoms with E-state index in [0.29, 0.717) is 24.3 Å². The average molecular weight is 521 g/mol. The molecule has 4 atom stereocenters. The zero-order chi connectivity index (χ0) is 27.4. The fraction of sp³-hybridized carbons (Fsp3) is 0.516. The molecule has 7 heteroatoms. The number of piperidine rings is 1. The van der Waals surface area contributed by atoms with Crippen molar-refractivity contribution in [1.29, 1.82) is 0 Å². The van der Waals surface area contributed by atoms with Crippen LogP contribution in [-0.2, 0) is 19.7 Å². The SMILES string of the molecule is CC(=O)Oc1cccc([C@@]23CCN(C)C[C@H]2C(OC(C)=O)C[C@H](N(CC(C)C)C(=O)c2ccccc2)C3)c1. The number of likely N-dealkylation sites (tertiary alicyclic amines) is 1. The molecule has 0 spiro atoms. The molecule has 1 heterocycles. The number of hydrogen-bond acceptors (Lipinski definition) is 6. The minimum absolute atomic E-state index is 0.000987. The second-order valence-corrected chi connectivity index (χ2v) is 11.4. The molecule has 1 aliphatic carbocycles. The summed E-state index contributed by atoms with van der Waals surface area (Å²) in [6, 6.07) is 17.0. The van der Waals surface area contributed by atoms with Crippen LogP contribution in [0.2, 0.25) is 0 Å². The molecule has 0 N–H and O–H groups in total. The fourth-order valence-corrected chi connectivity index (χ4v) is 6.47. The van der Waals surface area contributed by atoms with Crippen LogP contribution >= 0.6 is 0 Å². The molecule has 2 aromatic rings. The van der Waals surface area contributed by atoms with E-state index in [0.717, 1.165) is 31.5 Å². The lowest BCUT2D eigenvalue weighted by molar-refractivity contribution is -0.158. The monoisotopic (exact) mass is 520 g/mol. The van der Waals surface area contributed by atoms with Crippen LogP contribution in [0.3, 0.4) is 0 Å². The Kier molecular flexibility index (Phi) is 8.56. The summed E-state index contributed by atoms with van der Waals surface area (Å²) in [4.78, 5) is 42.2. The minimum atomic E-state index is -0.365. The van der Waals surface area contributed by atoms with E-state index in [1.165, 1.54) is 13.8 Å². The predicted molar refractivity (Wildman–Crippen MR) is 146 cm³/mol. The summed E-state index contributed by atoms with van der Waals surface area (Å²) in [7, 11) is 2.10. The van der Waals surface area contributed by atoms with Crippen molar-refractivity contribution in [2.24, 2.45) is 11.8 Å². The Bertz CT molecular complexity index is 1150. The largest absolute Gasteiger partial charge is 0.462 e. The van der Waals surface area contributed by atoms with Gasteiger partial charge in [-0.25, -0.2) is 0 Å². The third kappa shape index (κ3) is 6.09. The molecule has 2 fully saturated rings. The molecule has 1 amide bonds. The first-order valence-electron chi connectivity index (χ1n) is 13.6. The van der Waals surface area contributed by atoms with Crippen LogP contribution < -0.4 is 4.74 Å². The van der Waals surface area contributed by atoms with Gasteiger partial charge in [0.2, 0.25) is 0 Å². The third-order valence-corrected chi connectivity index (χ3v) is 7.98. The summed E-state index contributed by atoms with van der Waals surface area (Å²) in [5.74, 6) is 0.148. The highest BCUT2D eigenvalue weighted by molar-refractivity contribution is 5.94. The quantitative estimate of drug-likeness (QED) is 0.389. The lowest BCUT2D eigenvalue weighted by Crippen LogP contribution is -2.62. The summed E-state index contributed by atoms with van der Waals surface area (Å²) in [6.07, 6.45) is 1.85. The second-order valence-electron chi connectivity index (χ2n) is 11.4. The molecule has 0 aromatic heterocycles. The van der Waals surface area contributed by atoms with Crippen LogP contribution in [0, 0.1) is 11.8 Å². The molecule has 0 bridgehead atoms. The highest BCUT2D eigenvalue weighted by Gasteiger charge is 2.54. The first-order chi connectivity index (χ1) is 18.1. The first-order valence-corrected chi connectivity index (χ1v) is 13.6. The van der Waals surface area contributed by atoms with Gasteiger partial charge in [0.05, 0.1) is 0 Å². The Morgan fingerprint density at radius 2 is 1.79 bits per heavy atom. The van der Waals surface area contributed by atoms with Gasteiger partial charge >= 0.3 is 11.9 Å². The Balaban J connectivity index is 1.81. The number of carbonyl (C=O) groups excluding carboxylic acids is 3. The minimum Gasteiger partial charge on any atom is -0.462 e. The van der Waals surface area contributed by atoms with Crippen molar-refractivity contribution in [3.05, 3.63) is 65.7 Å². The van der Waals surface area contributed by atoms with Crippen LogP contribution in [0.5, 0.6) is 5.75 Å². The maximum absolute atomic E-state index is 13.9.